The van der Waals surface area contributed by atoms with Gasteiger partial charge in [-0.15, -0.1) is 0 Å². The summed E-state index contributed by atoms with van der Waals surface area (Å²) in [6, 6.07) is 1.48. The SMILES string of the molecule is CS(=O)(=O)c1cnn(-c2nccc(C(=N)N)n2)c1. The van der Waals surface area contributed by atoms with Gasteiger partial charge in [-0.3, -0.25) is 5.41 Å². The van der Waals surface area contributed by atoms with Crippen LogP contribution in [0.3, 0.4) is 0 Å². The van der Waals surface area contributed by atoms with Crippen molar-refractivity contribution in [1.29, 1.82) is 5.41 Å². The largest absolute Gasteiger partial charge is 0.382 e. The Morgan fingerprint density at radius 2 is 2.22 bits per heavy atom. The Morgan fingerprint density at radius 3 is 2.78 bits per heavy atom. The lowest BCUT2D eigenvalue weighted by Gasteiger charge is -2.01. The van der Waals surface area contributed by atoms with Gasteiger partial charge < -0.3 is 5.73 Å². The van der Waals surface area contributed by atoms with Gasteiger partial charge in [-0.05, 0) is 6.07 Å². The van der Waals surface area contributed by atoms with Crippen LogP contribution < -0.4 is 5.73 Å². The molecule has 8 nitrogen and oxygen atoms in total. The van der Waals surface area contributed by atoms with Crippen molar-refractivity contribution in [2.75, 3.05) is 6.26 Å². The molecule has 0 aliphatic heterocycles. The molecule has 94 valence electrons. The maximum absolute atomic E-state index is 11.3. The average molecular weight is 266 g/mol. The second-order valence-corrected chi connectivity index (χ2v) is 5.56. The molecule has 0 saturated heterocycles. The van der Waals surface area contributed by atoms with Gasteiger partial charge in [0, 0.05) is 12.5 Å². The second kappa shape index (κ2) is 4.18. The van der Waals surface area contributed by atoms with Gasteiger partial charge in [-0.25, -0.2) is 23.1 Å². The van der Waals surface area contributed by atoms with Crippen molar-refractivity contribution in [3.05, 3.63) is 30.4 Å². The van der Waals surface area contributed by atoms with E-state index in [1.165, 1.54) is 29.3 Å². The standard InChI is InChI=1S/C9H10N6O2S/c1-18(16,17)6-4-13-15(5-6)9-12-3-2-7(14-9)8(10)11/h2-5H,1H3,(H3,10,11). The second-order valence-electron chi connectivity index (χ2n) is 3.55. The van der Waals surface area contributed by atoms with E-state index in [-0.39, 0.29) is 22.4 Å². The van der Waals surface area contributed by atoms with Gasteiger partial charge in [0.1, 0.15) is 16.4 Å². The molecule has 0 bridgehead atoms. The van der Waals surface area contributed by atoms with Crippen LogP contribution in [-0.4, -0.2) is 40.3 Å². The van der Waals surface area contributed by atoms with Gasteiger partial charge >= 0.3 is 0 Å². The number of nitrogen functional groups attached to an aromatic ring is 1. The van der Waals surface area contributed by atoms with Crippen molar-refractivity contribution >= 4 is 15.7 Å². The number of rotatable bonds is 3. The molecule has 0 atom stereocenters. The van der Waals surface area contributed by atoms with E-state index in [1.807, 2.05) is 0 Å². The first-order valence-electron chi connectivity index (χ1n) is 4.80. The third-order valence-corrected chi connectivity index (χ3v) is 3.18. The molecule has 18 heavy (non-hydrogen) atoms. The van der Waals surface area contributed by atoms with Gasteiger partial charge in [0.05, 0.1) is 12.4 Å². The Hall–Kier alpha value is -2.29. The van der Waals surface area contributed by atoms with Crippen LogP contribution >= 0.6 is 0 Å². The van der Waals surface area contributed by atoms with E-state index in [9.17, 15) is 8.42 Å². The summed E-state index contributed by atoms with van der Waals surface area (Å²) in [6.07, 6.45) is 5.01. The Morgan fingerprint density at radius 1 is 1.50 bits per heavy atom. The lowest BCUT2D eigenvalue weighted by Crippen LogP contribution is -2.15. The number of nitrogens with one attached hydrogen (secondary N) is 1. The number of nitrogens with two attached hydrogens (primary N) is 1. The minimum atomic E-state index is -3.32. The van der Waals surface area contributed by atoms with E-state index in [0.29, 0.717) is 0 Å². The topological polar surface area (TPSA) is 128 Å². The summed E-state index contributed by atoms with van der Waals surface area (Å²) in [4.78, 5) is 7.98. The van der Waals surface area contributed by atoms with E-state index in [2.05, 4.69) is 15.1 Å². The smallest absolute Gasteiger partial charge is 0.251 e. The van der Waals surface area contributed by atoms with Gasteiger partial charge in [-0.2, -0.15) is 5.10 Å². The molecule has 3 N–H and O–H groups in total. The number of amidine groups is 1. The molecular formula is C9H10N6O2S. The van der Waals surface area contributed by atoms with Crippen molar-refractivity contribution in [2.24, 2.45) is 5.73 Å². The normalized spacial score (nSPS) is 11.4. The van der Waals surface area contributed by atoms with Gasteiger partial charge in [-0.1, -0.05) is 0 Å². The molecule has 0 radical (unpaired) electrons. The fraction of sp³-hybridized carbons (Fsp3) is 0.111. The maximum Gasteiger partial charge on any atom is 0.251 e. The molecule has 2 rings (SSSR count). The van der Waals surface area contributed by atoms with Crippen molar-refractivity contribution in [3.8, 4) is 5.95 Å². The summed E-state index contributed by atoms with van der Waals surface area (Å²) in [7, 11) is -3.32. The Kier molecular flexibility index (Phi) is 2.83. The first kappa shape index (κ1) is 12.2. The highest BCUT2D eigenvalue weighted by Gasteiger charge is 2.12. The fourth-order valence-corrected chi connectivity index (χ4v) is 1.75. The third kappa shape index (κ3) is 2.35. The number of hydrogen-bond donors (Lipinski definition) is 2. The quantitative estimate of drug-likeness (QED) is 0.561. The van der Waals surface area contributed by atoms with E-state index in [4.69, 9.17) is 11.1 Å². The molecular weight excluding hydrogens is 256 g/mol. The molecule has 0 saturated carbocycles. The van der Waals surface area contributed by atoms with Crippen LogP contribution in [0.1, 0.15) is 5.69 Å². The number of hydrogen-bond acceptors (Lipinski definition) is 6. The van der Waals surface area contributed by atoms with E-state index in [0.717, 1.165) is 6.26 Å². The zero-order valence-electron chi connectivity index (χ0n) is 9.40. The van der Waals surface area contributed by atoms with E-state index < -0.39 is 9.84 Å². The predicted octanol–water partition coefficient (Wildman–Crippen LogP) is -0.650. The van der Waals surface area contributed by atoms with Gasteiger partial charge in [0.15, 0.2) is 9.84 Å². The lowest BCUT2D eigenvalue weighted by atomic mass is 10.4. The molecule has 2 heterocycles. The molecule has 0 unspecified atom stereocenters. The van der Waals surface area contributed by atoms with Gasteiger partial charge in [0.25, 0.3) is 5.95 Å². The third-order valence-electron chi connectivity index (χ3n) is 2.11. The van der Waals surface area contributed by atoms with E-state index in [1.54, 1.807) is 0 Å². The number of nitrogens with zero attached hydrogens (tertiary/aromatic N) is 4. The molecule has 0 spiro atoms. The molecule has 0 aliphatic rings. The first-order chi connectivity index (χ1) is 8.38. The maximum atomic E-state index is 11.3. The van der Waals surface area contributed by atoms with Crippen molar-refractivity contribution in [3.63, 3.8) is 0 Å². The molecule has 2 aromatic heterocycles. The molecule has 0 fully saturated rings. The summed E-state index contributed by atoms with van der Waals surface area (Å²) >= 11 is 0. The molecule has 0 amide bonds. The molecule has 0 aromatic carbocycles. The van der Waals surface area contributed by atoms with Crippen LogP contribution in [-0.2, 0) is 9.84 Å². The minimum absolute atomic E-state index is 0.0688. The van der Waals surface area contributed by atoms with Crippen LogP contribution in [0.4, 0.5) is 0 Å². The zero-order chi connectivity index (χ0) is 13.3. The molecule has 0 aliphatic carbocycles. The van der Waals surface area contributed by atoms with Crippen LogP contribution in [0, 0.1) is 5.41 Å². The highest BCUT2D eigenvalue weighted by atomic mass is 32.2. The minimum Gasteiger partial charge on any atom is -0.382 e. The Bertz CT molecular complexity index is 705. The van der Waals surface area contributed by atoms with Crippen LogP contribution in [0.5, 0.6) is 0 Å². The Labute approximate surface area is 103 Å². The lowest BCUT2D eigenvalue weighted by molar-refractivity contribution is 0.602. The average Bonchev–Trinajstić information content (AvgIpc) is 2.78. The first-order valence-corrected chi connectivity index (χ1v) is 6.69. The van der Waals surface area contributed by atoms with E-state index >= 15 is 0 Å². The number of sulfone groups is 1. The molecule has 9 heteroatoms. The van der Waals surface area contributed by atoms with Crippen molar-refractivity contribution in [1.82, 2.24) is 19.7 Å². The monoisotopic (exact) mass is 266 g/mol. The van der Waals surface area contributed by atoms with Crippen LogP contribution in [0.25, 0.3) is 5.95 Å². The predicted molar refractivity (Wildman–Crippen MR) is 63.3 cm³/mol. The molecule has 2 aromatic rings. The fourth-order valence-electron chi connectivity index (χ4n) is 1.22. The summed E-state index contributed by atoms with van der Waals surface area (Å²) in [5.74, 6) is -0.0493. The van der Waals surface area contributed by atoms with Crippen molar-refractivity contribution < 1.29 is 8.42 Å². The highest BCUT2D eigenvalue weighted by molar-refractivity contribution is 7.90. The zero-order valence-corrected chi connectivity index (χ0v) is 10.2. The van der Waals surface area contributed by atoms with Crippen molar-refractivity contribution in [2.45, 2.75) is 4.90 Å². The summed E-state index contributed by atoms with van der Waals surface area (Å²) < 4.78 is 23.8. The van der Waals surface area contributed by atoms with Gasteiger partial charge in [0.2, 0.25) is 0 Å². The van der Waals surface area contributed by atoms with Crippen LogP contribution in [0.15, 0.2) is 29.6 Å². The highest BCUT2D eigenvalue weighted by Crippen LogP contribution is 2.09. The summed E-state index contributed by atoms with van der Waals surface area (Å²) in [5.41, 5.74) is 5.55. The Balaban J connectivity index is 2.46. The van der Waals surface area contributed by atoms with Crippen LogP contribution in [0.2, 0.25) is 0 Å². The summed E-state index contributed by atoms with van der Waals surface area (Å²) in [5, 5.41) is 11.1. The number of aromatic nitrogens is 4. The summed E-state index contributed by atoms with van der Waals surface area (Å²) in [6.45, 7) is 0.